The van der Waals surface area contributed by atoms with Gasteiger partial charge in [0.15, 0.2) is 11.5 Å². The average molecular weight is 428 g/mol. The van der Waals surface area contributed by atoms with Crippen molar-refractivity contribution in [3.63, 3.8) is 0 Å². The second kappa shape index (κ2) is 7.77. The van der Waals surface area contributed by atoms with Crippen LogP contribution in [0.25, 0.3) is 11.0 Å². The van der Waals surface area contributed by atoms with Gasteiger partial charge in [-0.3, -0.25) is 14.6 Å². The first kappa shape index (κ1) is 19.7. The minimum absolute atomic E-state index is 0.0124. The highest BCUT2D eigenvalue weighted by atomic mass is 19.1. The lowest BCUT2D eigenvalue weighted by atomic mass is 9.95. The Morgan fingerprint density at radius 2 is 1.78 bits per heavy atom. The van der Waals surface area contributed by atoms with E-state index in [9.17, 15) is 19.1 Å². The van der Waals surface area contributed by atoms with Crippen molar-refractivity contribution in [2.45, 2.75) is 12.6 Å². The Hall–Kier alpha value is -4.26. The van der Waals surface area contributed by atoms with E-state index < -0.39 is 29.3 Å². The van der Waals surface area contributed by atoms with Gasteiger partial charge in [0.05, 0.1) is 11.6 Å². The minimum Gasteiger partial charge on any atom is -0.503 e. The van der Waals surface area contributed by atoms with Crippen LogP contribution in [0.2, 0.25) is 0 Å². The Kier molecular flexibility index (Phi) is 4.78. The van der Waals surface area contributed by atoms with E-state index in [0.717, 1.165) is 10.9 Å². The molecule has 1 atom stereocenters. The van der Waals surface area contributed by atoms with Gasteiger partial charge in [-0.25, -0.2) is 4.39 Å². The van der Waals surface area contributed by atoms with Crippen LogP contribution in [0.1, 0.15) is 27.7 Å². The molecule has 1 aliphatic heterocycles. The lowest BCUT2D eigenvalue weighted by Crippen LogP contribution is -2.30. The number of amides is 1. The van der Waals surface area contributed by atoms with Gasteiger partial charge in [0.2, 0.25) is 5.78 Å². The third-order valence-electron chi connectivity index (χ3n) is 5.49. The highest BCUT2D eigenvalue weighted by molar-refractivity contribution is 6.16. The summed E-state index contributed by atoms with van der Waals surface area (Å²) in [6.45, 7) is 0.129. The smallest absolute Gasteiger partial charge is 0.290 e. The number of pyridine rings is 1. The molecule has 4 aromatic rings. The predicted octanol–water partition coefficient (Wildman–Crippen LogP) is 4.75. The number of hydrogen-bond acceptors (Lipinski definition) is 5. The highest BCUT2D eigenvalue weighted by Gasteiger charge is 2.44. The molecule has 2 aromatic heterocycles. The number of para-hydroxylation sites is 1. The first-order chi connectivity index (χ1) is 15.5. The number of hydrogen-bond donors (Lipinski definition) is 1. The van der Waals surface area contributed by atoms with Gasteiger partial charge in [-0.1, -0.05) is 30.3 Å². The molecule has 158 valence electrons. The van der Waals surface area contributed by atoms with Gasteiger partial charge in [-0.2, -0.15) is 0 Å². The number of aliphatic hydroxyl groups excluding tert-OH is 1. The maximum Gasteiger partial charge on any atom is 0.290 e. The van der Waals surface area contributed by atoms with Gasteiger partial charge in [0.1, 0.15) is 11.4 Å². The van der Waals surface area contributed by atoms with Crippen LogP contribution in [-0.2, 0) is 11.3 Å². The summed E-state index contributed by atoms with van der Waals surface area (Å²) in [4.78, 5) is 31.8. The molecular weight excluding hydrogens is 411 g/mol. The second-order valence-corrected chi connectivity index (χ2v) is 7.48. The fourth-order valence-corrected chi connectivity index (χ4v) is 3.95. The molecule has 1 aliphatic rings. The molecule has 0 saturated carbocycles. The van der Waals surface area contributed by atoms with E-state index >= 15 is 0 Å². The van der Waals surface area contributed by atoms with Crippen molar-refractivity contribution >= 4 is 22.7 Å². The van der Waals surface area contributed by atoms with Gasteiger partial charge < -0.3 is 14.4 Å². The van der Waals surface area contributed by atoms with Gasteiger partial charge in [-0.05, 0) is 47.5 Å². The predicted molar refractivity (Wildman–Crippen MR) is 114 cm³/mol. The third kappa shape index (κ3) is 3.33. The molecule has 0 fully saturated rings. The third-order valence-corrected chi connectivity index (χ3v) is 5.49. The SMILES string of the molecule is O=C(C1=C(O)C(=O)N(Cc2ccncc2)C1c1ccc(F)cc1)c1cc2ccccc2o1. The standard InChI is InChI=1S/C25H17FN2O4/c26-18-7-5-16(6-8-18)22-21(23(29)20-13-17-3-1-2-4-19(17)32-20)24(30)25(31)28(22)14-15-9-11-27-12-10-15/h1-13,22,30H,14H2. The van der Waals surface area contributed by atoms with Crippen LogP contribution < -0.4 is 0 Å². The van der Waals surface area contributed by atoms with Gasteiger partial charge in [0, 0.05) is 24.3 Å². The quantitative estimate of drug-likeness (QED) is 0.464. The first-order valence-electron chi connectivity index (χ1n) is 9.94. The van der Waals surface area contributed by atoms with Crippen molar-refractivity contribution in [3.8, 4) is 0 Å². The summed E-state index contributed by atoms with van der Waals surface area (Å²) in [6.07, 6.45) is 3.19. The van der Waals surface area contributed by atoms with E-state index in [1.807, 2.05) is 6.07 Å². The molecular formula is C25H17FN2O4. The molecule has 3 heterocycles. The summed E-state index contributed by atoms with van der Waals surface area (Å²) < 4.78 is 19.3. The zero-order chi connectivity index (χ0) is 22.2. The summed E-state index contributed by atoms with van der Waals surface area (Å²) in [6, 6.07) is 16.8. The summed E-state index contributed by atoms with van der Waals surface area (Å²) in [7, 11) is 0. The Morgan fingerprint density at radius 1 is 1.06 bits per heavy atom. The normalized spacial score (nSPS) is 16.2. The molecule has 5 rings (SSSR count). The molecule has 1 amide bonds. The molecule has 1 N–H and O–H groups in total. The minimum atomic E-state index is -0.906. The number of aliphatic hydroxyl groups is 1. The molecule has 2 aromatic carbocycles. The van der Waals surface area contributed by atoms with Crippen LogP contribution in [-0.4, -0.2) is 26.7 Å². The molecule has 6 nitrogen and oxygen atoms in total. The molecule has 1 unspecified atom stereocenters. The van der Waals surface area contributed by atoms with Crippen molar-refractivity contribution in [1.82, 2.24) is 9.88 Å². The Morgan fingerprint density at radius 3 is 2.50 bits per heavy atom. The number of furan rings is 1. The molecule has 32 heavy (non-hydrogen) atoms. The number of carbonyl (C=O) groups is 2. The number of carbonyl (C=O) groups excluding carboxylic acids is 2. The molecule has 7 heteroatoms. The lowest BCUT2D eigenvalue weighted by molar-refractivity contribution is -0.130. The lowest BCUT2D eigenvalue weighted by Gasteiger charge is -2.26. The van der Waals surface area contributed by atoms with E-state index in [1.165, 1.54) is 29.2 Å². The summed E-state index contributed by atoms with van der Waals surface area (Å²) in [5, 5.41) is 11.5. The fourth-order valence-electron chi connectivity index (χ4n) is 3.95. The molecule has 0 saturated heterocycles. The number of ketones is 1. The van der Waals surface area contributed by atoms with E-state index in [-0.39, 0.29) is 17.9 Å². The second-order valence-electron chi connectivity index (χ2n) is 7.48. The number of fused-ring (bicyclic) bond motifs is 1. The van der Waals surface area contributed by atoms with Crippen LogP contribution in [0.15, 0.2) is 94.9 Å². The monoisotopic (exact) mass is 428 g/mol. The fraction of sp³-hybridized carbons (Fsp3) is 0.0800. The highest BCUT2D eigenvalue weighted by Crippen LogP contribution is 2.40. The van der Waals surface area contributed by atoms with Crippen molar-refractivity contribution in [2.75, 3.05) is 0 Å². The molecule has 0 aliphatic carbocycles. The summed E-state index contributed by atoms with van der Waals surface area (Å²) in [5.74, 6) is -2.36. The van der Waals surface area contributed by atoms with Crippen LogP contribution >= 0.6 is 0 Å². The Balaban J connectivity index is 1.60. The maximum absolute atomic E-state index is 13.6. The van der Waals surface area contributed by atoms with Gasteiger partial charge >= 0.3 is 0 Å². The van der Waals surface area contributed by atoms with E-state index in [0.29, 0.717) is 11.1 Å². The van der Waals surface area contributed by atoms with Crippen LogP contribution in [0, 0.1) is 5.82 Å². The Labute approximate surface area is 182 Å². The van der Waals surface area contributed by atoms with Crippen molar-refractivity contribution < 1.29 is 23.5 Å². The van der Waals surface area contributed by atoms with Gasteiger partial charge in [0.25, 0.3) is 5.91 Å². The largest absolute Gasteiger partial charge is 0.503 e. The molecule has 0 bridgehead atoms. The maximum atomic E-state index is 13.6. The molecule has 0 spiro atoms. The van der Waals surface area contributed by atoms with Crippen LogP contribution in [0.5, 0.6) is 0 Å². The van der Waals surface area contributed by atoms with Gasteiger partial charge in [-0.15, -0.1) is 0 Å². The van der Waals surface area contributed by atoms with Crippen molar-refractivity contribution in [2.24, 2.45) is 0 Å². The van der Waals surface area contributed by atoms with E-state index in [4.69, 9.17) is 4.42 Å². The number of Topliss-reactive ketones (excluding diaryl/α,β-unsaturated/α-hetero) is 1. The number of halogens is 1. The number of benzene rings is 2. The number of rotatable bonds is 5. The number of nitrogens with zero attached hydrogens (tertiary/aromatic N) is 2. The van der Waals surface area contributed by atoms with Crippen LogP contribution in [0.3, 0.4) is 0 Å². The first-order valence-corrected chi connectivity index (χ1v) is 9.94. The summed E-state index contributed by atoms with van der Waals surface area (Å²) in [5.41, 5.74) is 1.69. The van der Waals surface area contributed by atoms with E-state index in [2.05, 4.69) is 4.98 Å². The van der Waals surface area contributed by atoms with Crippen LogP contribution in [0.4, 0.5) is 4.39 Å². The summed E-state index contributed by atoms with van der Waals surface area (Å²) >= 11 is 0. The Bertz CT molecular complexity index is 1330. The average Bonchev–Trinajstić information content (AvgIpc) is 3.35. The van der Waals surface area contributed by atoms with Crippen molar-refractivity contribution in [3.05, 3.63) is 113 Å². The zero-order valence-corrected chi connectivity index (χ0v) is 16.7. The number of aromatic nitrogens is 1. The van der Waals surface area contributed by atoms with Crippen molar-refractivity contribution in [1.29, 1.82) is 0 Å². The topological polar surface area (TPSA) is 83.6 Å². The van der Waals surface area contributed by atoms with E-state index in [1.54, 1.807) is 48.8 Å². The molecule has 0 radical (unpaired) electrons. The zero-order valence-electron chi connectivity index (χ0n) is 16.7.